The second-order valence-electron chi connectivity index (χ2n) is 15.9. The number of benzene rings is 9. The largest absolute Gasteiger partial charge is 0.208 e. The quantitative estimate of drug-likeness (QED) is 0.161. The molecule has 0 spiro atoms. The zero-order valence-electron chi connectivity index (χ0n) is 33.6. The van der Waals surface area contributed by atoms with Crippen LogP contribution in [-0.4, -0.2) is 15.0 Å². The molecule has 0 atom stereocenters. The van der Waals surface area contributed by atoms with Gasteiger partial charge >= 0.3 is 0 Å². The molecule has 2 heterocycles. The third-order valence-corrected chi connectivity index (χ3v) is 13.6. The van der Waals surface area contributed by atoms with E-state index >= 15 is 0 Å². The van der Waals surface area contributed by atoms with Crippen LogP contribution in [0.4, 0.5) is 0 Å². The first-order valence-electron chi connectivity index (χ1n) is 21.0. The van der Waals surface area contributed by atoms with E-state index in [1.807, 2.05) is 17.4 Å². The van der Waals surface area contributed by atoms with Crippen LogP contribution < -0.4 is 0 Å². The Morgan fingerprint density at radius 3 is 1.56 bits per heavy atom. The number of hydrogen-bond donors (Lipinski definition) is 0. The molecule has 9 aromatic carbocycles. The van der Waals surface area contributed by atoms with Gasteiger partial charge in [0.25, 0.3) is 0 Å². The molecule has 0 fully saturated rings. The van der Waals surface area contributed by atoms with E-state index < -0.39 is 5.41 Å². The van der Waals surface area contributed by atoms with Gasteiger partial charge in [-0.15, -0.1) is 11.3 Å². The van der Waals surface area contributed by atoms with Gasteiger partial charge in [0.1, 0.15) is 0 Å². The van der Waals surface area contributed by atoms with Crippen LogP contribution in [0.1, 0.15) is 22.3 Å². The maximum atomic E-state index is 5.42. The van der Waals surface area contributed by atoms with Crippen molar-refractivity contribution in [2.75, 3.05) is 0 Å². The Kier molecular flexibility index (Phi) is 8.58. The van der Waals surface area contributed by atoms with E-state index in [1.54, 1.807) is 0 Å². The smallest absolute Gasteiger partial charge is 0.164 e. The van der Waals surface area contributed by atoms with E-state index in [0.29, 0.717) is 17.5 Å². The van der Waals surface area contributed by atoms with Gasteiger partial charge in [0.2, 0.25) is 0 Å². The van der Waals surface area contributed by atoms with Crippen molar-refractivity contribution in [3.05, 3.63) is 247 Å². The highest BCUT2D eigenvalue weighted by Gasteiger charge is 2.47. The Balaban J connectivity index is 1.07. The molecule has 2 aromatic heterocycles. The Morgan fingerprint density at radius 2 is 0.823 bits per heavy atom. The highest BCUT2D eigenvalue weighted by atomic mass is 32.1. The third-order valence-electron chi connectivity index (χ3n) is 12.5. The van der Waals surface area contributed by atoms with Gasteiger partial charge in [-0.25, -0.2) is 15.0 Å². The topological polar surface area (TPSA) is 38.7 Å². The highest BCUT2D eigenvalue weighted by Crippen LogP contribution is 2.58. The lowest BCUT2D eigenvalue weighted by Crippen LogP contribution is -2.28. The number of fused-ring (bicyclic) bond motifs is 6. The number of nitrogens with zero attached hydrogens (tertiary/aromatic N) is 3. The van der Waals surface area contributed by atoms with E-state index in [4.69, 9.17) is 15.0 Å². The van der Waals surface area contributed by atoms with Gasteiger partial charge in [-0.05, 0) is 73.8 Å². The maximum Gasteiger partial charge on any atom is 0.164 e. The Bertz CT molecular complexity index is 3410. The van der Waals surface area contributed by atoms with Crippen LogP contribution in [-0.2, 0) is 5.41 Å². The lowest BCUT2D eigenvalue weighted by molar-refractivity contribution is 0.768. The summed E-state index contributed by atoms with van der Waals surface area (Å²) in [4.78, 5) is 16.1. The molecule has 0 saturated heterocycles. The van der Waals surface area contributed by atoms with E-state index in [-0.39, 0.29) is 0 Å². The number of thiophene rings is 1. The first-order chi connectivity index (χ1) is 30.7. The van der Waals surface area contributed by atoms with Crippen molar-refractivity contribution < 1.29 is 0 Å². The molecule has 62 heavy (non-hydrogen) atoms. The fourth-order valence-corrected chi connectivity index (χ4v) is 10.8. The zero-order chi connectivity index (χ0) is 41.0. The van der Waals surface area contributed by atoms with Crippen LogP contribution >= 0.6 is 11.3 Å². The van der Waals surface area contributed by atoms with Crippen molar-refractivity contribution in [3.8, 4) is 67.5 Å². The predicted octanol–water partition coefficient (Wildman–Crippen LogP) is 14.9. The summed E-state index contributed by atoms with van der Waals surface area (Å²) < 4.78 is 2.61. The molecule has 290 valence electrons. The average Bonchev–Trinajstić information content (AvgIpc) is 3.88. The summed E-state index contributed by atoms with van der Waals surface area (Å²) in [6.45, 7) is 0. The summed E-state index contributed by atoms with van der Waals surface area (Å²) in [5, 5.41) is 2.59. The average molecular weight is 808 g/mol. The summed E-state index contributed by atoms with van der Waals surface area (Å²) in [5.74, 6) is 1.89. The van der Waals surface area contributed by atoms with Crippen LogP contribution in [0.5, 0.6) is 0 Å². The van der Waals surface area contributed by atoms with Gasteiger partial charge in [0, 0.05) is 36.9 Å². The minimum absolute atomic E-state index is 0.544. The SMILES string of the molecule is c1ccc(-c2ccccc2-c2nc(-c3ccc(-c4ccc5sc6ccccc6c5c4)cc3)nc(-c3cccc4c3-c3ccccc3C4(c3ccccc3)c3ccccc3)n2)cc1. The lowest BCUT2D eigenvalue weighted by Gasteiger charge is -2.33. The van der Waals surface area contributed by atoms with Crippen molar-refractivity contribution in [1.29, 1.82) is 0 Å². The first kappa shape index (κ1) is 36.1. The standard InChI is InChI=1S/C58H37N3S/c1-4-17-39(18-5-1)44-23-10-11-25-46(44)56-59-55(40-33-31-38(32-34-40)41-35-36-53-49(37-41)45-24-13-15-30-52(45)62-53)60-57(61-56)48-27-16-29-51-54(48)47-26-12-14-28-50(47)58(51,42-19-6-2-7-20-42)43-21-8-3-9-22-43/h1-37H. The minimum atomic E-state index is -0.544. The molecule has 0 aliphatic heterocycles. The maximum absolute atomic E-state index is 5.42. The third kappa shape index (κ3) is 5.76. The fraction of sp³-hybridized carbons (Fsp3) is 0.0172. The van der Waals surface area contributed by atoms with Gasteiger partial charge in [0.05, 0.1) is 5.41 Å². The van der Waals surface area contributed by atoms with Gasteiger partial charge in [-0.3, -0.25) is 0 Å². The Labute approximate surface area is 364 Å². The van der Waals surface area contributed by atoms with E-state index in [0.717, 1.165) is 38.9 Å². The van der Waals surface area contributed by atoms with Crippen molar-refractivity contribution in [1.82, 2.24) is 15.0 Å². The monoisotopic (exact) mass is 807 g/mol. The molecule has 0 N–H and O–H groups in total. The molecule has 0 amide bonds. The van der Waals surface area contributed by atoms with Gasteiger partial charge in [-0.2, -0.15) is 0 Å². The summed E-state index contributed by atoms with van der Waals surface area (Å²) in [6, 6.07) is 80.4. The van der Waals surface area contributed by atoms with Crippen LogP contribution in [0, 0.1) is 0 Å². The molecule has 0 saturated carbocycles. The van der Waals surface area contributed by atoms with E-state index in [9.17, 15) is 0 Å². The summed E-state index contributed by atoms with van der Waals surface area (Å²) in [6.07, 6.45) is 0. The fourth-order valence-electron chi connectivity index (χ4n) is 9.69. The molecule has 1 aliphatic rings. The van der Waals surface area contributed by atoms with Crippen molar-refractivity contribution >= 4 is 31.5 Å². The van der Waals surface area contributed by atoms with E-state index in [2.05, 4.69) is 218 Å². The van der Waals surface area contributed by atoms with E-state index in [1.165, 1.54) is 53.6 Å². The Morgan fingerprint density at radius 1 is 0.306 bits per heavy atom. The molecule has 11 aromatic rings. The zero-order valence-corrected chi connectivity index (χ0v) is 34.4. The van der Waals surface area contributed by atoms with Crippen molar-refractivity contribution in [2.45, 2.75) is 5.41 Å². The molecule has 12 rings (SSSR count). The molecule has 4 heteroatoms. The van der Waals surface area contributed by atoms with Crippen LogP contribution in [0.25, 0.3) is 87.7 Å². The summed E-state index contributed by atoms with van der Waals surface area (Å²) >= 11 is 1.84. The Hall–Kier alpha value is -7.79. The van der Waals surface area contributed by atoms with Crippen LogP contribution in [0.3, 0.4) is 0 Å². The lowest BCUT2D eigenvalue weighted by atomic mass is 9.67. The van der Waals surface area contributed by atoms with Gasteiger partial charge in [-0.1, -0.05) is 206 Å². The molecule has 3 nitrogen and oxygen atoms in total. The summed E-state index contributed by atoms with van der Waals surface area (Å²) in [5.41, 5.74) is 14.0. The number of rotatable bonds is 7. The molecule has 0 bridgehead atoms. The molecular weight excluding hydrogens is 771 g/mol. The number of hydrogen-bond acceptors (Lipinski definition) is 4. The molecule has 0 unspecified atom stereocenters. The van der Waals surface area contributed by atoms with Gasteiger partial charge < -0.3 is 0 Å². The highest BCUT2D eigenvalue weighted by molar-refractivity contribution is 7.25. The van der Waals surface area contributed by atoms with Crippen LogP contribution in [0.2, 0.25) is 0 Å². The normalized spacial score (nSPS) is 12.6. The minimum Gasteiger partial charge on any atom is -0.208 e. The predicted molar refractivity (Wildman–Crippen MR) is 257 cm³/mol. The number of aromatic nitrogens is 3. The van der Waals surface area contributed by atoms with Crippen molar-refractivity contribution in [2.24, 2.45) is 0 Å². The molecule has 1 aliphatic carbocycles. The molecular formula is C58H37N3S. The molecule has 0 radical (unpaired) electrons. The second kappa shape index (κ2) is 14.7. The second-order valence-corrected chi connectivity index (χ2v) is 16.9. The first-order valence-corrected chi connectivity index (χ1v) is 21.8. The van der Waals surface area contributed by atoms with Gasteiger partial charge in [0.15, 0.2) is 17.5 Å². The van der Waals surface area contributed by atoms with Crippen LogP contribution in [0.15, 0.2) is 224 Å². The summed E-state index contributed by atoms with van der Waals surface area (Å²) in [7, 11) is 0. The van der Waals surface area contributed by atoms with Crippen molar-refractivity contribution in [3.63, 3.8) is 0 Å².